The van der Waals surface area contributed by atoms with E-state index in [-0.39, 0.29) is 5.56 Å². The van der Waals surface area contributed by atoms with E-state index >= 15 is 0 Å². The van der Waals surface area contributed by atoms with Crippen LogP contribution in [0.3, 0.4) is 0 Å². The fourth-order valence-corrected chi connectivity index (χ4v) is 1.67. The van der Waals surface area contributed by atoms with Crippen LogP contribution in [0.4, 0.5) is 5.69 Å². The third-order valence-corrected chi connectivity index (χ3v) is 2.74. The Morgan fingerprint density at radius 3 is 2.61 bits per heavy atom. The van der Waals surface area contributed by atoms with Crippen molar-refractivity contribution in [2.45, 2.75) is 6.54 Å². The summed E-state index contributed by atoms with van der Waals surface area (Å²) in [5, 5.41) is 12.3. The van der Waals surface area contributed by atoms with Crippen LogP contribution in [0.5, 0.6) is 0 Å². The molecule has 1 aromatic heterocycles. The van der Waals surface area contributed by atoms with E-state index in [2.05, 4.69) is 10.3 Å². The maximum absolute atomic E-state index is 10.7. The second-order valence-corrected chi connectivity index (χ2v) is 4.06. The summed E-state index contributed by atoms with van der Waals surface area (Å²) in [6.07, 6.45) is 1.62. The van der Waals surface area contributed by atoms with E-state index < -0.39 is 5.97 Å². The first kappa shape index (κ1) is 12.4. The lowest BCUT2D eigenvalue weighted by atomic mass is 10.1. The molecule has 0 saturated carbocycles. The first-order valence-electron chi connectivity index (χ1n) is 5.33. The van der Waals surface area contributed by atoms with E-state index in [1.165, 1.54) is 0 Å². The SMILES string of the molecule is O=C(O)c1ccc(CNc2cccnc2Cl)cc1. The van der Waals surface area contributed by atoms with Crippen LogP contribution in [0.15, 0.2) is 42.6 Å². The van der Waals surface area contributed by atoms with E-state index in [9.17, 15) is 4.79 Å². The van der Waals surface area contributed by atoms with Gasteiger partial charge in [-0.3, -0.25) is 0 Å². The predicted molar refractivity (Wildman–Crippen MR) is 70.0 cm³/mol. The largest absolute Gasteiger partial charge is 0.478 e. The number of hydrogen-bond donors (Lipinski definition) is 2. The number of aromatic nitrogens is 1. The minimum absolute atomic E-state index is 0.276. The lowest BCUT2D eigenvalue weighted by Gasteiger charge is -2.07. The van der Waals surface area contributed by atoms with Crippen LogP contribution in [0.25, 0.3) is 0 Å². The number of carboxylic acid groups (broad SMARTS) is 1. The van der Waals surface area contributed by atoms with E-state index in [0.29, 0.717) is 11.7 Å². The maximum atomic E-state index is 10.7. The van der Waals surface area contributed by atoms with Gasteiger partial charge in [-0.05, 0) is 29.8 Å². The summed E-state index contributed by atoms with van der Waals surface area (Å²) in [4.78, 5) is 14.6. The Hall–Kier alpha value is -2.07. The Morgan fingerprint density at radius 2 is 2.00 bits per heavy atom. The van der Waals surface area contributed by atoms with Crippen LogP contribution in [0.1, 0.15) is 15.9 Å². The molecule has 2 aromatic rings. The van der Waals surface area contributed by atoms with Crippen molar-refractivity contribution in [1.29, 1.82) is 0 Å². The van der Waals surface area contributed by atoms with Gasteiger partial charge in [-0.1, -0.05) is 23.7 Å². The lowest BCUT2D eigenvalue weighted by molar-refractivity contribution is 0.0697. The zero-order valence-corrected chi connectivity index (χ0v) is 10.2. The van der Waals surface area contributed by atoms with Crippen molar-refractivity contribution < 1.29 is 9.90 Å². The van der Waals surface area contributed by atoms with Crippen molar-refractivity contribution in [2.75, 3.05) is 5.32 Å². The van der Waals surface area contributed by atoms with Crippen LogP contribution in [-0.2, 0) is 6.54 Å². The van der Waals surface area contributed by atoms with Crippen molar-refractivity contribution in [2.24, 2.45) is 0 Å². The molecule has 2 N–H and O–H groups in total. The van der Waals surface area contributed by atoms with Gasteiger partial charge in [0.05, 0.1) is 11.3 Å². The Bertz CT molecular complexity index is 555. The van der Waals surface area contributed by atoms with Gasteiger partial charge in [0.1, 0.15) is 0 Å². The number of hydrogen-bond acceptors (Lipinski definition) is 3. The quantitative estimate of drug-likeness (QED) is 0.832. The third kappa shape index (κ3) is 2.99. The fourth-order valence-electron chi connectivity index (χ4n) is 1.48. The number of anilines is 1. The number of halogens is 1. The standard InChI is InChI=1S/C13H11ClN2O2/c14-12-11(2-1-7-15-12)16-8-9-3-5-10(6-4-9)13(17)18/h1-7,16H,8H2,(H,17,18). The van der Waals surface area contributed by atoms with Crippen LogP contribution in [0.2, 0.25) is 5.15 Å². The molecule has 1 heterocycles. The van der Waals surface area contributed by atoms with Gasteiger partial charge in [0, 0.05) is 12.7 Å². The number of carboxylic acids is 1. The highest BCUT2D eigenvalue weighted by molar-refractivity contribution is 6.31. The molecule has 0 unspecified atom stereocenters. The number of aromatic carboxylic acids is 1. The summed E-state index contributed by atoms with van der Waals surface area (Å²) < 4.78 is 0. The molecule has 5 heteroatoms. The summed E-state index contributed by atoms with van der Waals surface area (Å²) in [6, 6.07) is 10.3. The zero-order chi connectivity index (χ0) is 13.0. The summed E-state index contributed by atoms with van der Waals surface area (Å²) in [5.74, 6) is -0.926. The van der Waals surface area contributed by atoms with Gasteiger partial charge in [0.15, 0.2) is 5.15 Å². The zero-order valence-electron chi connectivity index (χ0n) is 9.43. The third-order valence-electron chi connectivity index (χ3n) is 2.44. The Labute approximate surface area is 109 Å². The Morgan fingerprint density at radius 1 is 1.28 bits per heavy atom. The van der Waals surface area contributed by atoms with E-state index in [0.717, 1.165) is 11.3 Å². The van der Waals surface area contributed by atoms with Gasteiger partial charge >= 0.3 is 5.97 Å². The summed E-state index contributed by atoms with van der Waals surface area (Å²) in [6.45, 7) is 0.561. The second-order valence-electron chi connectivity index (χ2n) is 3.70. The number of carbonyl (C=O) groups is 1. The summed E-state index contributed by atoms with van der Waals surface area (Å²) in [5.41, 5.74) is 2.00. The lowest BCUT2D eigenvalue weighted by Crippen LogP contribution is -2.01. The van der Waals surface area contributed by atoms with Crippen molar-refractivity contribution in [3.8, 4) is 0 Å². The van der Waals surface area contributed by atoms with E-state index in [1.807, 2.05) is 6.07 Å². The molecule has 0 aliphatic carbocycles. The molecule has 0 radical (unpaired) electrons. The predicted octanol–water partition coefficient (Wildman–Crippen LogP) is 3.05. The molecule has 2 rings (SSSR count). The highest BCUT2D eigenvalue weighted by Gasteiger charge is 2.02. The molecule has 0 spiro atoms. The van der Waals surface area contributed by atoms with Crippen molar-refractivity contribution in [3.05, 3.63) is 58.9 Å². The van der Waals surface area contributed by atoms with Crippen molar-refractivity contribution >= 4 is 23.3 Å². The van der Waals surface area contributed by atoms with Gasteiger partial charge in [-0.2, -0.15) is 0 Å². The fraction of sp³-hybridized carbons (Fsp3) is 0.0769. The minimum atomic E-state index is -0.926. The summed E-state index contributed by atoms with van der Waals surface area (Å²) in [7, 11) is 0. The molecule has 0 atom stereocenters. The first-order chi connectivity index (χ1) is 8.66. The molecule has 0 bridgehead atoms. The Balaban J connectivity index is 2.02. The number of nitrogens with one attached hydrogen (secondary N) is 1. The molecule has 0 fully saturated rings. The molecule has 4 nitrogen and oxygen atoms in total. The van der Waals surface area contributed by atoms with Gasteiger partial charge in [0.2, 0.25) is 0 Å². The molecular weight excluding hydrogens is 252 g/mol. The average molecular weight is 263 g/mol. The van der Waals surface area contributed by atoms with Crippen molar-refractivity contribution in [3.63, 3.8) is 0 Å². The number of pyridine rings is 1. The minimum Gasteiger partial charge on any atom is -0.478 e. The molecule has 0 aliphatic rings. The van der Waals surface area contributed by atoms with Gasteiger partial charge < -0.3 is 10.4 Å². The monoisotopic (exact) mass is 262 g/mol. The number of rotatable bonds is 4. The van der Waals surface area contributed by atoms with Crippen LogP contribution in [-0.4, -0.2) is 16.1 Å². The van der Waals surface area contributed by atoms with Crippen LogP contribution < -0.4 is 5.32 Å². The van der Waals surface area contributed by atoms with E-state index in [1.54, 1.807) is 36.5 Å². The van der Waals surface area contributed by atoms with Crippen LogP contribution in [0, 0.1) is 0 Å². The van der Waals surface area contributed by atoms with Crippen LogP contribution >= 0.6 is 11.6 Å². The molecule has 0 amide bonds. The number of nitrogens with zero attached hydrogens (tertiary/aromatic N) is 1. The topological polar surface area (TPSA) is 62.2 Å². The van der Waals surface area contributed by atoms with Gasteiger partial charge in [-0.25, -0.2) is 9.78 Å². The molecule has 0 aliphatic heterocycles. The molecule has 1 aromatic carbocycles. The maximum Gasteiger partial charge on any atom is 0.335 e. The molecule has 0 saturated heterocycles. The highest BCUT2D eigenvalue weighted by atomic mass is 35.5. The smallest absolute Gasteiger partial charge is 0.335 e. The van der Waals surface area contributed by atoms with Gasteiger partial charge in [0.25, 0.3) is 0 Å². The molecular formula is C13H11ClN2O2. The van der Waals surface area contributed by atoms with E-state index in [4.69, 9.17) is 16.7 Å². The first-order valence-corrected chi connectivity index (χ1v) is 5.71. The normalized spacial score (nSPS) is 10.1. The van der Waals surface area contributed by atoms with Crippen molar-refractivity contribution in [1.82, 2.24) is 4.98 Å². The molecule has 18 heavy (non-hydrogen) atoms. The molecule has 92 valence electrons. The average Bonchev–Trinajstić information content (AvgIpc) is 2.38. The Kier molecular flexibility index (Phi) is 3.79. The second kappa shape index (κ2) is 5.51. The summed E-state index contributed by atoms with van der Waals surface area (Å²) >= 11 is 5.91. The highest BCUT2D eigenvalue weighted by Crippen LogP contribution is 2.18. The number of benzene rings is 1. The van der Waals surface area contributed by atoms with Gasteiger partial charge in [-0.15, -0.1) is 0 Å².